The van der Waals surface area contributed by atoms with Crippen LogP contribution in [0.3, 0.4) is 0 Å². The van der Waals surface area contributed by atoms with Crippen molar-refractivity contribution in [3.63, 3.8) is 0 Å². The molecule has 1 aromatic heterocycles. The molecule has 3 aromatic carbocycles. The summed E-state index contributed by atoms with van der Waals surface area (Å²) in [7, 11) is 0. The normalized spacial score (nSPS) is 12.0. The van der Waals surface area contributed by atoms with Crippen LogP contribution in [-0.2, 0) is 11.2 Å². The van der Waals surface area contributed by atoms with Crippen molar-refractivity contribution in [2.45, 2.75) is 26.4 Å². The van der Waals surface area contributed by atoms with Gasteiger partial charge in [0.05, 0.1) is 5.52 Å². The Morgan fingerprint density at radius 3 is 2.53 bits per heavy atom. The van der Waals surface area contributed by atoms with Crippen LogP contribution in [0, 0.1) is 13.8 Å². The number of hydrogen-bond acceptors (Lipinski definition) is 4. The predicted octanol–water partition coefficient (Wildman–Crippen LogP) is 4.84. The van der Waals surface area contributed by atoms with Crippen LogP contribution in [0.4, 0.5) is 5.69 Å². The highest BCUT2D eigenvalue weighted by molar-refractivity contribution is 5.90. The Kier molecular flexibility index (Phi) is 6.57. The molecule has 4 aromatic rings. The van der Waals surface area contributed by atoms with Gasteiger partial charge in [0.2, 0.25) is 0 Å². The first-order valence-electron chi connectivity index (χ1n) is 10.8. The topological polar surface area (TPSA) is 63.5 Å². The third kappa shape index (κ3) is 4.53. The van der Waals surface area contributed by atoms with Crippen molar-refractivity contribution >= 4 is 22.9 Å². The van der Waals surface area contributed by atoms with Gasteiger partial charge in [-0.1, -0.05) is 36.4 Å². The van der Waals surface area contributed by atoms with E-state index in [4.69, 9.17) is 4.74 Å². The largest absolute Gasteiger partial charge is 0.491 e. The molecule has 5 nitrogen and oxygen atoms in total. The van der Waals surface area contributed by atoms with Crippen LogP contribution in [0.15, 0.2) is 72.8 Å². The van der Waals surface area contributed by atoms with Crippen LogP contribution in [0.5, 0.6) is 5.75 Å². The number of aromatic nitrogens is 1. The number of nitrogens with zero attached hydrogens (tertiary/aromatic N) is 1. The molecule has 0 saturated heterocycles. The lowest BCUT2D eigenvalue weighted by molar-refractivity contribution is -0.107. The fourth-order valence-electron chi connectivity index (χ4n) is 4.06. The average Bonchev–Trinajstić information content (AvgIpc) is 3.08. The summed E-state index contributed by atoms with van der Waals surface area (Å²) >= 11 is 0. The summed E-state index contributed by atoms with van der Waals surface area (Å²) < 4.78 is 8.09. The first-order valence-corrected chi connectivity index (χ1v) is 10.8. The first kappa shape index (κ1) is 21.7. The fraction of sp³-hybridized carbons (Fsp3) is 0.222. The van der Waals surface area contributed by atoms with Crippen molar-refractivity contribution in [3.05, 3.63) is 89.6 Å². The number of para-hydroxylation sites is 2. The van der Waals surface area contributed by atoms with E-state index >= 15 is 0 Å². The second-order valence-corrected chi connectivity index (χ2v) is 7.95. The lowest BCUT2D eigenvalue weighted by Gasteiger charge is -2.14. The van der Waals surface area contributed by atoms with Crippen LogP contribution < -0.4 is 10.1 Å². The zero-order valence-corrected chi connectivity index (χ0v) is 18.4. The predicted molar refractivity (Wildman–Crippen MR) is 129 cm³/mol. The number of aldehydes is 1. The number of fused-ring (bicyclic) bond motifs is 1. The number of hydrogen-bond donors (Lipinski definition) is 2. The van der Waals surface area contributed by atoms with Crippen LogP contribution in [0.1, 0.15) is 16.8 Å². The van der Waals surface area contributed by atoms with Crippen molar-refractivity contribution in [2.24, 2.45) is 0 Å². The fourth-order valence-corrected chi connectivity index (χ4v) is 4.06. The van der Waals surface area contributed by atoms with Crippen molar-refractivity contribution in [2.75, 3.05) is 18.5 Å². The molecule has 0 aliphatic carbocycles. The minimum Gasteiger partial charge on any atom is -0.491 e. The zero-order chi connectivity index (χ0) is 22.5. The van der Waals surface area contributed by atoms with E-state index in [-0.39, 0.29) is 6.61 Å². The maximum absolute atomic E-state index is 11.4. The summed E-state index contributed by atoms with van der Waals surface area (Å²) in [4.78, 5) is 11.4. The minimum absolute atomic E-state index is 0.172. The molecule has 0 unspecified atom stereocenters. The highest BCUT2D eigenvalue weighted by atomic mass is 16.5. The van der Waals surface area contributed by atoms with Gasteiger partial charge in [0.25, 0.3) is 0 Å². The third-order valence-corrected chi connectivity index (χ3v) is 5.71. The smallest absolute Gasteiger partial charge is 0.124 e. The summed E-state index contributed by atoms with van der Waals surface area (Å²) in [6.07, 6.45) is 0.629. The van der Waals surface area contributed by atoms with E-state index < -0.39 is 6.10 Å². The number of aliphatic hydroxyl groups is 1. The highest BCUT2D eigenvalue weighted by Gasteiger charge is 2.17. The molecule has 4 rings (SSSR count). The van der Waals surface area contributed by atoms with E-state index in [1.165, 1.54) is 5.56 Å². The Bertz CT molecular complexity index is 1210. The molecule has 0 fully saturated rings. The Balaban J connectivity index is 1.56. The van der Waals surface area contributed by atoms with E-state index in [1.807, 2.05) is 67.6 Å². The summed E-state index contributed by atoms with van der Waals surface area (Å²) in [5.74, 6) is 0.672. The molecule has 0 saturated carbocycles. The Hall–Kier alpha value is -3.57. The van der Waals surface area contributed by atoms with E-state index in [2.05, 4.69) is 28.9 Å². The third-order valence-electron chi connectivity index (χ3n) is 5.71. The van der Waals surface area contributed by atoms with E-state index in [9.17, 15) is 9.90 Å². The lowest BCUT2D eigenvalue weighted by Crippen LogP contribution is -2.26. The molecule has 0 bridgehead atoms. The van der Waals surface area contributed by atoms with Gasteiger partial charge in [0, 0.05) is 35.4 Å². The van der Waals surface area contributed by atoms with Gasteiger partial charge in [-0.15, -0.1) is 0 Å². The van der Waals surface area contributed by atoms with Gasteiger partial charge in [-0.2, -0.15) is 0 Å². The Morgan fingerprint density at radius 1 is 1.03 bits per heavy atom. The van der Waals surface area contributed by atoms with Crippen LogP contribution >= 0.6 is 0 Å². The van der Waals surface area contributed by atoms with Gasteiger partial charge in [0.15, 0.2) is 0 Å². The van der Waals surface area contributed by atoms with Crippen molar-refractivity contribution < 1.29 is 14.6 Å². The standard InChI is InChI=1S/C27H28N2O3/c1-19-8-6-7-11-26(19)29-20(2)24(14-15-30)25-16-23(12-13-27(25)29)32-18-22(31)17-28-21-9-4-3-5-10-21/h3-13,15-16,22,28,31H,14,17-18H2,1-2H3/t22-/m1/s1. The summed E-state index contributed by atoms with van der Waals surface area (Å²) in [5.41, 5.74) is 6.30. The monoisotopic (exact) mass is 428 g/mol. The lowest BCUT2D eigenvalue weighted by atomic mass is 10.1. The second-order valence-electron chi connectivity index (χ2n) is 7.95. The SMILES string of the molecule is Cc1ccccc1-n1c(C)c(CC=O)c2cc(OC[C@H](O)CNc3ccccc3)ccc21. The number of ether oxygens (including phenoxy) is 1. The summed E-state index contributed by atoms with van der Waals surface area (Å²) in [6, 6.07) is 23.9. The van der Waals surface area contributed by atoms with Crippen LogP contribution in [-0.4, -0.2) is 35.2 Å². The summed E-state index contributed by atoms with van der Waals surface area (Å²) in [6.45, 7) is 4.70. The molecule has 0 amide bonds. The molecular formula is C27H28N2O3. The highest BCUT2D eigenvalue weighted by Crippen LogP contribution is 2.33. The maximum atomic E-state index is 11.4. The van der Waals surface area contributed by atoms with Crippen molar-refractivity contribution in [1.29, 1.82) is 0 Å². The number of aryl methyl sites for hydroxylation is 1. The number of aliphatic hydroxyl groups excluding tert-OH is 1. The van der Waals surface area contributed by atoms with Crippen molar-refractivity contribution in [3.8, 4) is 11.4 Å². The van der Waals surface area contributed by atoms with Gasteiger partial charge in [-0.05, 0) is 61.4 Å². The molecule has 0 spiro atoms. The van der Waals surface area contributed by atoms with Gasteiger partial charge in [-0.25, -0.2) is 0 Å². The molecule has 0 radical (unpaired) electrons. The molecule has 2 N–H and O–H groups in total. The van der Waals surface area contributed by atoms with E-state index in [0.29, 0.717) is 18.7 Å². The van der Waals surface area contributed by atoms with Gasteiger partial charge >= 0.3 is 0 Å². The molecule has 32 heavy (non-hydrogen) atoms. The molecule has 5 heteroatoms. The van der Waals surface area contributed by atoms with E-state index in [1.54, 1.807) is 0 Å². The van der Waals surface area contributed by atoms with E-state index in [0.717, 1.165) is 39.8 Å². The zero-order valence-electron chi connectivity index (χ0n) is 18.4. The van der Waals surface area contributed by atoms with Gasteiger partial charge < -0.3 is 24.5 Å². The number of carbonyl (C=O) groups is 1. The number of carbonyl (C=O) groups excluding carboxylic acids is 1. The maximum Gasteiger partial charge on any atom is 0.124 e. The first-order chi connectivity index (χ1) is 15.6. The summed E-state index contributed by atoms with van der Waals surface area (Å²) in [5, 5.41) is 14.5. The molecule has 164 valence electrons. The van der Waals surface area contributed by atoms with Crippen LogP contribution in [0.25, 0.3) is 16.6 Å². The average molecular weight is 429 g/mol. The van der Waals surface area contributed by atoms with Gasteiger partial charge in [0.1, 0.15) is 24.7 Å². The Labute approximate surface area is 188 Å². The number of rotatable bonds is 9. The minimum atomic E-state index is -0.654. The second kappa shape index (κ2) is 9.71. The molecular weight excluding hydrogens is 400 g/mol. The Morgan fingerprint density at radius 2 is 1.78 bits per heavy atom. The number of benzene rings is 3. The molecule has 0 aliphatic rings. The van der Waals surface area contributed by atoms with Crippen LogP contribution in [0.2, 0.25) is 0 Å². The quantitative estimate of drug-likeness (QED) is 0.375. The number of nitrogens with one attached hydrogen (secondary N) is 1. The molecule has 1 atom stereocenters. The van der Waals surface area contributed by atoms with Gasteiger partial charge in [-0.3, -0.25) is 0 Å². The number of anilines is 1. The molecule has 0 aliphatic heterocycles. The molecule has 1 heterocycles. The van der Waals surface area contributed by atoms with Crippen molar-refractivity contribution in [1.82, 2.24) is 4.57 Å².